The average molecular weight is 543 g/mol. The number of carbonyl (C=O) groups excluding carboxylic acids is 1. The van der Waals surface area contributed by atoms with Gasteiger partial charge in [0.05, 0.1) is 20.8 Å². The van der Waals surface area contributed by atoms with Crippen LogP contribution in [0, 0.1) is 6.92 Å². The Morgan fingerprint density at radius 2 is 1.64 bits per heavy atom. The van der Waals surface area contributed by atoms with Crippen LogP contribution in [0.4, 0.5) is 10.8 Å². The van der Waals surface area contributed by atoms with Crippen LogP contribution < -0.4 is 9.21 Å². The lowest BCUT2D eigenvalue weighted by molar-refractivity contribution is 0.0985. The number of aryl methyl sites for hydroxylation is 1. The number of aromatic nitrogens is 1. The number of sulfonamides is 1. The van der Waals surface area contributed by atoms with E-state index in [1.807, 2.05) is 44.1 Å². The van der Waals surface area contributed by atoms with Crippen molar-refractivity contribution in [3.63, 3.8) is 0 Å². The third kappa shape index (κ3) is 5.39. The number of halogens is 1. The molecule has 1 heterocycles. The molecule has 0 radical (unpaired) electrons. The van der Waals surface area contributed by atoms with E-state index in [2.05, 4.69) is 0 Å². The van der Waals surface area contributed by atoms with Crippen molar-refractivity contribution in [3.8, 4) is 0 Å². The van der Waals surface area contributed by atoms with E-state index < -0.39 is 10.0 Å². The van der Waals surface area contributed by atoms with Crippen LogP contribution in [0.2, 0.25) is 5.02 Å². The van der Waals surface area contributed by atoms with Gasteiger partial charge in [0.2, 0.25) is 0 Å². The lowest BCUT2D eigenvalue weighted by Gasteiger charge is -2.22. The molecule has 1 aromatic heterocycles. The van der Waals surface area contributed by atoms with Crippen LogP contribution in [0.3, 0.4) is 0 Å². The Balaban J connectivity index is 1.65. The molecule has 3 aromatic carbocycles. The van der Waals surface area contributed by atoms with Gasteiger partial charge in [-0.2, -0.15) is 0 Å². The maximum Gasteiger partial charge on any atom is 0.264 e. The van der Waals surface area contributed by atoms with Crippen LogP contribution in [0.1, 0.15) is 15.9 Å². The maximum absolute atomic E-state index is 13.6. The molecule has 0 bridgehead atoms. The fraction of sp³-hybridized carbons (Fsp3) is 0.231. The highest BCUT2D eigenvalue weighted by Crippen LogP contribution is 2.33. The zero-order valence-electron chi connectivity index (χ0n) is 20.5. The monoisotopic (exact) mass is 542 g/mol. The number of amides is 1. The van der Waals surface area contributed by atoms with Crippen molar-refractivity contribution in [2.75, 3.05) is 43.4 Å². The first-order valence-electron chi connectivity index (χ1n) is 11.3. The van der Waals surface area contributed by atoms with Gasteiger partial charge in [0.1, 0.15) is 0 Å². The summed E-state index contributed by atoms with van der Waals surface area (Å²) in [5, 5.41) is 1.20. The van der Waals surface area contributed by atoms with Crippen molar-refractivity contribution in [2.45, 2.75) is 11.8 Å². The molecule has 0 aliphatic carbocycles. The van der Waals surface area contributed by atoms with Gasteiger partial charge < -0.3 is 4.90 Å². The molecule has 4 rings (SSSR count). The standard InChI is InChI=1S/C26H27ClN4O3S2/c1-18-16-20(27)17-23-24(18)28-26(35-23)31(15-14-29(2)3)25(32)19-10-12-22(13-11-19)36(33,34)30(4)21-8-6-5-7-9-21/h5-13,16-17H,14-15H2,1-4H3. The highest BCUT2D eigenvalue weighted by Gasteiger charge is 2.25. The van der Waals surface area contributed by atoms with Crippen molar-refractivity contribution < 1.29 is 13.2 Å². The summed E-state index contributed by atoms with van der Waals surface area (Å²) in [6.45, 7) is 3.00. The molecule has 0 N–H and O–H groups in total. The zero-order chi connectivity index (χ0) is 26.0. The number of hydrogen-bond acceptors (Lipinski definition) is 6. The molecule has 4 aromatic rings. The van der Waals surface area contributed by atoms with E-state index in [0.29, 0.717) is 34.5 Å². The zero-order valence-corrected chi connectivity index (χ0v) is 22.9. The van der Waals surface area contributed by atoms with Gasteiger partial charge in [0, 0.05) is 30.7 Å². The van der Waals surface area contributed by atoms with Gasteiger partial charge in [-0.15, -0.1) is 0 Å². The van der Waals surface area contributed by atoms with Gasteiger partial charge >= 0.3 is 0 Å². The molecule has 0 saturated carbocycles. The third-order valence-corrected chi connectivity index (χ3v) is 8.81. The Kier molecular flexibility index (Phi) is 7.65. The predicted molar refractivity (Wildman–Crippen MR) is 148 cm³/mol. The number of fused-ring (bicyclic) bond motifs is 1. The summed E-state index contributed by atoms with van der Waals surface area (Å²) >= 11 is 7.63. The fourth-order valence-electron chi connectivity index (χ4n) is 3.70. The summed E-state index contributed by atoms with van der Waals surface area (Å²) in [6.07, 6.45) is 0. The van der Waals surface area contributed by atoms with Crippen LogP contribution in [-0.2, 0) is 10.0 Å². The smallest absolute Gasteiger partial charge is 0.264 e. The molecular weight excluding hydrogens is 516 g/mol. The second kappa shape index (κ2) is 10.6. The fourth-order valence-corrected chi connectivity index (χ4v) is 6.34. The van der Waals surface area contributed by atoms with E-state index in [-0.39, 0.29) is 10.8 Å². The van der Waals surface area contributed by atoms with Crippen molar-refractivity contribution in [1.29, 1.82) is 0 Å². The Morgan fingerprint density at radius 1 is 0.972 bits per heavy atom. The van der Waals surface area contributed by atoms with Crippen molar-refractivity contribution in [2.24, 2.45) is 0 Å². The first-order chi connectivity index (χ1) is 17.1. The number of nitrogens with zero attached hydrogens (tertiary/aromatic N) is 4. The molecule has 7 nitrogen and oxygen atoms in total. The summed E-state index contributed by atoms with van der Waals surface area (Å²) in [5.41, 5.74) is 2.69. The van der Waals surface area contributed by atoms with E-state index in [1.165, 1.54) is 34.8 Å². The highest BCUT2D eigenvalue weighted by atomic mass is 35.5. The quantitative estimate of drug-likeness (QED) is 0.302. The number of benzene rings is 3. The Bertz CT molecular complexity index is 1490. The SMILES string of the molecule is Cc1cc(Cl)cc2sc(N(CCN(C)C)C(=O)c3ccc(S(=O)(=O)N(C)c4ccccc4)cc3)nc12. The highest BCUT2D eigenvalue weighted by molar-refractivity contribution is 7.92. The number of likely N-dealkylation sites (N-methyl/N-ethyl adjacent to an activating group) is 1. The number of para-hydroxylation sites is 1. The number of rotatable bonds is 8. The van der Waals surface area contributed by atoms with Gasteiger partial charge in [0.25, 0.3) is 15.9 Å². The van der Waals surface area contributed by atoms with E-state index in [4.69, 9.17) is 16.6 Å². The molecule has 36 heavy (non-hydrogen) atoms. The van der Waals surface area contributed by atoms with Crippen LogP contribution in [0.15, 0.2) is 71.6 Å². The second-order valence-corrected chi connectivity index (χ2v) is 12.1. The molecule has 0 spiro atoms. The van der Waals surface area contributed by atoms with Crippen LogP contribution in [0.5, 0.6) is 0 Å². The first-order valence-corrected chi connectivity index (χ1v) is 13.9. The van der Waals surface area contributed by atoms with E-state index in [1.54, 1.807) is 41.3 Å². The molecule has 0 aliphatic heterocycles. The van der Waals surface area contributed by atoms with Crippen molar-refractivity contribution in [3.05, 3.63) is 82.9 Å². The molecular formula is C26H27ClN4O3S2. The molecule has 0 aliphatic rings. The van der Waals surface area contributed by atoms with E-state index >= 15 is 0 Å². The van der Waals surface area contributed by atoms with Gasteiger partial charge in [-0.3, -0.25) is 14.0 Å². The molecule has 0 saturated heterocycles. The molecule has 1 amide bonds. The topological polar surface area (TPSA) is 73.8 Å². The normalized spacial score (nSPS) is 11.7. The van der Waals surface area contributed by atoms with Crippen LogP contribution in [0.25, 0.3) is 10.2 Å². The third-order valence-electron chi connectivity index (χ3n) is 5.77. The van der Waals surface area contributed by atoms with E-state index in [9.17, 15) is 13.2 Å². The maximum atomic E-state index is 13.6. The molecule has 0 fully saturated rings. The molecule has 188 valence electrons. The van der Waals surface area contributed by atoms with Gasteiger partial charge in [-0.25, -0.2) is 13.4 Å². The summed E-state index contributed by atoms with van der Waals surface area (Å²) in [7, 11) is 1.61. The average Bonchev–Trinajstić information content (AvgIpc) is 3.28. The largest absolute Gasteiger partial charge is 0.308 e. The lowest BCUT2D eigenvalue weighted by Crippen LogP contribution is -2.36. The summed E-state index contributed by atoms with van der Waals surface area (Å²) in [5.74, 6) is -0.250. The number of anilines is 2. The molecule has 0 atom stereocenters. The van der Waals surface area contributed by atoms with Gasteiger partial charge in [-0.05, 0) is 75.1 Å². The van der Waals surface area contributed by atoms with Crippen molar-refractivity contribution in [1.82, 2.24) is 9.88 Å². The van der Waals surface area contributed by atoms with Gasteiger partial charge in [0.15, 0.2) is 5.13 Å². The van der Waals surface area contributed by atoms with Gasteiger partial charge in [-0.1, -0.05) is 41.1 Å². The lowest BCUT2D eigenvalue weighted by atomic mass is 10.2. The first kappa shape index (κ1) is 26.1. The second-order valence-electron chi connectivity index (χ2n) is 8.66. The minimum absolute atomic E-state index is 0.107. The summed E-state index contributed by atoms with van der Waals surface area (Å²) in [4.78, 5) is 22.1. The van der Waals surface area contributed by atoms with Crippen LogP contribution in [-0.4, -0.2) is 58.4 Å². The Morgan fingerprint density at radius 3 is 2.28 bits per heavy atom. The Hall–Kier alpha value is -2.98. The number of hydrogen-bond donors (Lipinski definition) is 0. The van der Waals surface area contributed by atoms with Crippen LogP contribution >= 0.6 is 22.9 Å². The molecule has 10 heteroatoms. The number of thiazole rings is 1. The number of carbonyl (C=O) groups is 1. The minimum Gasteiger partial charge on any atom is -0.308 e. The summed E-state index contributed by atoms with van der Waals surface area (Å²) < 4.78 is 28.4. The predicted octanol–water partition coefficient (Wildman–Crippen LogP) is 5.29. The van der Waals surface area contributed by atoms with E-state index in [0.717, 1.165) is 15.8 Å². The Labute approximate surface area is 220 Å². The minimum atomic E-state index is -3.78. The molecule has 0 unspecified atom stereocenters. The summed E-state index contributed by atoms with van der Waals surface area (Å²) in [6, 6.07) is 18.6. The van der Waals surface area contributed by atoms with Crippen molar-refractivity contribution >= 4 is 59.9 Å².